The van der Waals surface area contributed by atoms with Gasteiger partial charge in [-0.2, -0.15) is 0 Å². The van der Waals surface area contributed by atoms with Crippen molar-refractivity contribution in [1.82, 2.24) is 10.2 Å². The molecule has 5 rings (SSSR count). The van der Waals surface area contributed by atoms with Gasteiger partial charge in [-0.1, -0.05) is 48.5 Å². The highest BCUT2D eigenvalue weighted by molar-refractivity contribution is 5.83. The Morgan fingerprint density at radius 1 is 1.00 bits per heavy atom. The fraction of sp³-hybridized carbons (Fsp3) is 0.423. The number of ether oxygens (including phenoxy) is 2. The van der Waals surface area contributed by atoms with E-state index in [1.807, 2.05) is 36.4 Å². The number of benzene rings is 2. The van der Waals surface area contributed by atoms with Gasteiger partial charge in [0.1, 0.15) is 6.61 Å². The zero-order valence-corrected chi connectivity index (χ0v) is 19.2. The summed E-state index contributed by atoms with van der Waals surface area (Å²) in [5.74, 6) is -2.15. The Hall–Kier alpha value is -3.43. The molecular formula is C26H28N2O7. The Labute approximate surface area is 202 Å². The maximum absolute atomic E-state index is 13.0. The van der Waals surface area contributed by atoms with Crippen LogP contribution in [0.2, 0.25) is 0 Å². The van der Waals surface area contributed by atoms with Crippen molar-refractivity contribution in [2.75, 3.05) is 32.9 Å². The summed E-state index contributed by atoms with van der Waals surface area (Å²) in [6.45, 7) is 0.790. The lowest BCUT2D eigenvalue weighted by Crippen LogP contribution is -2.54. The number of aliphatic carboxylic acids is 1. The lowest BCUT2D eigenvalue weighted by molar-refractivity contribution is -0.166. The molecule has 0 radical (unpaired) electrons. The van der Waals surface area contributed by atoms with Crippen LogP contribution in [0.25, 0.3) is 11.1 Å². The highest BCUT2D eigenvalue weighted by Gasteiger charge is 2.44. The highest BCUT2D eigenvalue weighted by Crippen LogP contribution is 2.44. The largest absolute Gasteiger partial charge is 0.479 e. The molecule has 9 nitrogen and oxygen atoms in total. The van der Waals surface area contributed by atoms with Crippen molar-refractivity contribution in [2.45, 2.75) is 30.4 Å². The van der Waals surface area contributed by atoms with E-state index in [2.05, 4.69) is 17.4 Å². The Morgan fingerprint density at radius 3 is 2.20 bits per heavy atom. The maximum atomic E-state index is 13.0. The number of carbonyl (C=O) groups is 3. The second kappa shape index (κ2) is 9.31. The lowest BCUT2D eigenvalue weighted by Gasteiger charge is -2.37. The maximum Gasteiger partial charge on any atom is 0.407 e. The highest BCUT2D eigenvalue weighted by atomic mass is 16.5. The van der Waals surface area contributed by atoms with Crippen LogP contribution in [-0.2, 0) is 19.1 Å². The second-order valence-corrected chi connectivity index (χ2v) is 9.38. The van der Waals surface area contributed by atoms with Gasteiger partial charge in [-0.25, -0.2) is 9.59 Å². The number of carboxylic acids is 1. The minimum absolute atomic E-state index is 0.0356. The molecule has 2 unspecified atom stereocenters. The first-order valence-corrected chi connectivity index (χ1v) is 11.8. The van der Waals surface area contributed by atoms with Crippen LogP contribution in [0, 0.1) is 5.92 Å². The Bertz CT molecular complexity index is 1100. The SMILES string of the molecule is O=C(NC1COCC1C(=O)N1CCC(O)(C(=O)O)CC1)OCC1c2ccccc2-c2ccccc21. The number of fused-ring (bicyclic) bond motifs is 3. The van der Waals surface area contributed by atoms with Crippen LogP contribution in [0.4, 0.5) is 4.79 Å². The summed E-state index contributed by atoms with van der Waals surface area (Å²) in [5.41, 5.74) is 2.71. The minimum Gasteiger partial charge on any atom is -0.479 e. The normalized spacial score (nSPS) is 22.8. The fourth-order valence-corrected chi connectivity index (χ4v) is 5.28. The van der Waals surface area contributed by atoms with Crippen LogP contribution in [0.15, 0.2) is 48.5 Å². The molecule has 3 aliphatic rings. The van der Waals surface area contributed by atoms with Crippen LogP contribution in [0.3, 0.4) is 0 Å². The monoisotopic (exact) mass is 480 g/mol. The van der Waals surface area contributed by atoms with Gasteiger partial charge in [0, 0.05) is 31.8 Å². The minimum atomic E-state index is -1.80. The van der Waals surface area contributed by atoms with E-state index in [0.29, 0.717) is 0 Å². The standard InChI is InChI=1S/C26H28N2O7/c29-23(28-11-9-26(33,10-12-28)24(30)31)21-13-34-15-22(21)27-25(32)35-14-20-18-7-3-1-5-16(18)17-6-2-4-8-19(17)20/h1-8,20-22,33H,9-15H2,(H,27,32)(H,30,31). The van der Waals surface area contributed by atoms with Crippen LogP contribution >= 0.6 is 0 Å². The third-order valence-corrected chi connectivity index (χ3v) is 7.35. The molecule has 2 aliphatic heterocycles. The molecule has 2 heterocycles. The van der Waals surface area contributed by atoms with Crippen molar-refractivity contribution in [2.24, 2.45) is 5.92 Å². The smallest absolute Gasteiger partial charge is 0.407 e. The van der Waals surface area contributed by atoms with Gasteiger partial charge in [0.2, 0.25) is 5.91 Å². The van der Waals surface area contributed by atoms with Crippen molar-refractivity contribution >= 4 is 18.0 Å². The number of rotatable bonds is 5. The van der Waals surface area contributed by atoms with Gasteiger partial charge in [-0.15, -0.1) is 0 Å². The number of likely N-dealkylation sites (tertiary alicyclic amines) is 1. The summed E-state index contributed by atoms with van der Waals surface area (Å²) >= 11 is 0. The predicted molar refractivity (Wildman–Crippen MR) is 125 cm³/mol. The molecule has 0 saturated carbocycles. The summed E-state index contributed by atoms with van der Waals surface area (Å²) in [7, 11) is 0. The number of alkyl carbamates (subject to hydrolysis) is 1. The van der Waals surface area contributed by atoms with Crippen molar-refractivity contribution in [3.8, 4) is 11.1 Å². The number of hydrogen-bond acceptors (Lipinski definition) is 6. The second-order valence-electron chi connectivity index (χ2n) is 9.38. The van der Waals surface area contributed by atoms with Gasteiger partial charge < -0.3 is 29.9 Å². The van der Waals surface area contributed by atoms with E-state index in [-0.39, 0.29) is 57.6 Å². The predicted octanol–water partition coefficient (Wildman–Crippen LogP) is 1.98. The molecule has 2 amide bonds. The molecule has 2 atom stereocenters. The van der Waals surface area contributed by atoms with Crippen LogP contribution < -0.4 is 5.32 Å². The molecule has 1 aliphatic carbocycles. The number of nitrogens with one attached hydrogen (secondary N) is 1. The van der Waals surface area contributed by atoms with Crippen molar-refractivity contribution in [1.29, 1.82) is 0 Å². The number of carbonyl (C=O) groups excluding carboxylic acids is 2. The first kappa shape index (κ1) is 23.3. The zero-order valence-electron chi connectivity index (χ0n) is 19.2. The fourth-order valence-electron chi connectivity index (χ4n) is 5.28. The number of nitrogens with zero attached hydrogens (tertiary/aromatic N) is 1. The van der Waals surface area contributed by atoms with E-state index in [1.165, 1.54) is 4.90 Å². The molecule has 0 bridgehead atoms. The molecule has 0 aromatic heterocycles. The van der Waals surface area contributed by atoms with Crippen LogP contribution in [0.1, 0.15) is 29.9 Å². The van der Waals surface area contributed by atoms with E-state index < -0.39 is 29.6 Å². The van der Waals surface area contributed by atoms with Crippen LogP contribution in [-0.4, -0.2) is 77.6 Å². The third kappa shape index (κ3) is 4.37. The van der Waals surface area contributed by atoms with E-state index in [0.717, 1.165) is 22.3 Å². The number of hydrogen-bond donors (Lipinski definition) is 3. The van der Waals surface area contributed by atoms with Crippen molar-refractivity contribution in [3.63, 3.8) is 0 Å². The number of amides is 2. The number of carboxylic acid groups (broad SMARTS) is 1. The van der Waals surface area contributed by atoms with E-state index in [9.17, 15) is 24.6 Å². The molecule has 2 aromatic carbocycles. The molecule has 3 N–H and O–H groups in total. The number of piperidine rings is 1. The Kier molecular flexibility index (Phi) is 6.21. The van der Waals surface area contributed by atoms with Gasteiger partial charge in [0.05, 0.1) is 25.2 Å². The molecule has 35 heavy (non-hydrogen) atoms. The van der Waals surface area contributed by atoms with Gasteiger partial charge >= 0.3 is 12.1 Å². The molecule has 2 aromatic rings. The molecular weight excluding hydrogens is 452 g/mol. The van der Waals surface area contributed by atoms with Crippen molar-refractivity contribution < 1.29 is 34.1 Å². The molecule has 184 valence electrons. The molecule has 0 spiro atoms. The molecule has 2 fully saturated rings. The number of aliphatic hydroxyl groups is 1. The molecule has 2 saturated heterocycles. The zero-order chi connectivity index (χ0) is 24.6. The first-order valence-electron chi connectivity index (χ1n) is 11.8. The summed E-state index contributed by atoms with van der Waals surface area (Å²) in [5, 5.41) is 22.1. The third-order valence-electron chi connectivity index (χ3n) is 7.35. The van der Waals surface area contributed by atoms with E-state index in [4.69, 9.17) is 9.47 Å². The van der Waals surface area contributed by atoms with Gasteiger partial charge in [-0.3, -0.25) is 4.79 Å². The quantitative estimate of drug-likeness (QED) is 0.598. The van der Waals surface area contributed by atoms with Gasteiger partial charge in [0.25, 0.3) is 0 Å². The average Bonchev–Trinajstić information content (AvgIpc) is 3.45. The van der Waals surface area contributed by atoms with E-state index >= 15 is 0 Å². The van der Waals surface area contributed by atoms with Gasteiger partial charge in [-0.05, 0) is 22.3 Å². The van der Waals surface area contributed by atoms with Crippen LogP contribution in [0.5, 0.6) is 0 Å². The Balaban J connectivity index is 1.18. The summed E-state index contributed by atoms with van der Waals surface area (Å²) in [6, 6.07) is 15.6. The van der Waals surface area contributed by atoms with Crippen molar-refractivity contribution in [3.05, 3.63) is 59.7 Å². The average molecular weight is 481 g/mol. The summed E-state index contributed by atoms with van der Waals surface area (Å²) < 4.78 is 11.1. The lowest BCUT2D eigenvalue weighted by atomic mass is 9.90. The first-order chi connectivity index (χ1) is 16.9. The topological polar surface area (TPSA) is 125 Å². The summed E-state index contributed by atoms with van der Waals surface area (Å²) in [4.78, 5) is 38.5. The van der Waals surface area contributed by atoms with Gasteiger partial charge in [0.15, 0.2) is 5.60 Å². The summed E-state index contributed by atoms with van der Waals surface area (Å²) in [6.07, 6.45) is -0.683. The Morgan fingerprint density at radius 2 is 1.60 bits per heavy atom. The molecule has 9 heteroatoms. The van der Waals surface area contributed by atoms with E-state index in [1.54, 1.807) is 0 Å².